The maximum absolute atomic E-state index is 12.7. The van der Waals surface area contributed by atoms with E-state index < -0.39 is 17.5 Å². The molecule has 0 bridgehead atoms. The van der Waals surface area contributed by atoms with E-state index in [0.717, 1.165) is 5.56 Å². The summed E-state index contributed by atoms with van der Waals surface area (Å²) in [6.45, 7) is 3.51. The Labute approximate surface area is 188 Å². The first-order valence-electron chi connectivity index (χ1n) is 10.3. The van der Waals surface area contributed by atoms with E-state index in [9.17, 15) is 19.5 Å². The molecule has 2 heterocycles. The number of amides is 1. The van der Waals surface area contributed by atoms with Crippen LogP contribution in [0.4, 0.5) is 5.69 Å². The van der Waals surface area contributed by atoms with Crippen molar-refractivity contribution in [3.63, 3.8) is 0 Å². The third-order valence-corrected chi connectivity index (χ3v) is 5.24. The third-order valence-electron chi connectivity index (χ3n) is 5.24. The second kappa shape index (κ2) is 9.04. The van der Waals surface area contributed by atoms with Gasteiger partial charge in [0.15, 0.2) is 5.76 Å². The van der Waals surface area contributed by atoms with Crippen LogP contribution in [-0.2, 0) is 17.8 Å². The molecule has 168 valence electrons. The van der Waals surface area contributed by atoms with Crippen molar-refractivity contribution in [2.75, 3.05) is 5.32 Å². The number of fused-ring (bicyclic) bond motifs is 1. The van der Waals surface area contributed by atoms with Crippen molar-refractivity contribution in [2.24, 2.45) is 0 Å². The molecule has 0 aliphatic rings. The van der Waals surface area contributed by atoms with Gasteiger partial charge in [-0.2, -0.15) is 0 Å². The lowest BCUT2D eigenvalue weighted by molar-refractivity contribution is 0.0473. The fraction of sp³-hybridized carbons (Fsp3) is 0.160. The molecule has 2 N–H and O–H groups in total. The van der Waals surface area contributed by atoms with Crippen molar-refractivity contribution in [1.82, 2.24) is 0 Å². The minimum Gasteiger partial charge on any atom is -0.508 e. The van der Waals surface area contributed by atoms with Gasteiger partial charge in [0.2, 0.25) is 0 Å². The van der Waals surface area contributed by atoms with Crippen LogP contribution in [0, 0.1) is 6.92 Å². The standard InChI is InChI=1S/C25H21NO7/c1-3-15-9-18-17(11-23(28)33-22(18)12-20(15)27)13-32-25(30)16-7-6-14(2)19(10-16)26-24(29)21-5-4-8-31-21/h4-12,27H,3,13H2,1-2H3,(H,26,29). The van der Waals surface area contributed by atoms with Gasteiger partial charge in [0.1, 0.15) is 17.9 Å². The van der Waals surface area contributed by atoms with Gasteiger partial charge in [-0.25, -0.2) is 9.59 Å². The number of phenols is 1. The van der Waals surface area contributed by atoms with Crippen molar-refractivity contribution >= 4 is 28.5 Å². The van der Waals surface area contributed by atoms with E-state index in [4.69, 9.17) is 13.6 Å². The highest BCUT2D eigenvalue weighted by Gasteiger charge is 2.16. The topological polar surface area (TPSA) is 119 Å². The van der Waals surface area contributed by atoms with Crippen molar-refractivity contribution in [1.29, 1.82) is 0 Å². The molecule has 8 heteroatoms. The molecule has 2 aromatic carbocycles. The van der Waals surface area contributed by atoms with Crippen LogP contribution in [0.5, 0.6) is 5.75 Å². The number of rotatable bonds is 6. The lowest BCUT2D eigenvalue weighted by atomic mass is 10.0. The molecule has 33 heavy (non-hydrogen) atoms. The quantitative estimate of drug-likeness (QED) is 0.328. The Balaban J connectivity index is 1.55. The number of nitrogens with one attached hydrogen (secondary N) is 1. The van der Waals surface area contributed by atoms with Crippen LogP contribution in [0.3, 0.4) is 0 Å². The molecule has 0 radical (unpaired) electrons. The van der Waals surface area contributed by atoms with E-state index in [2.05, 4.69) is 5.32 Å². The first-order chi connectivity index (χ1) is 15.9. The summed E-state index contributed by atoms with van der Waals surface area (Å²) >= 11 is 0. The van der Waals surface area contributed by atoms with Gasteiger partial charge in [0, 0.05) is 28.8 Å². The Bertz CT molecular complexity index is 1400. The van der Waals surface area contributed by atoms with E-state index in [1.165, 1.54) is 30.5 Å². The molecule has 0 aliphatic carbocycles. The van der Waals surface area contributed by atoms with Crippen LogP contribution in [-0.4, -0.2) is 17.0 Å². The van der Waals surface area contributed by atoms with Crippen molar-refractivity contribution < 1.29 is 28.3 Å². The summed E-state index contributed by atoms with van der Waals surface area (Å²) in [5.74, 6) is -0.883. The van der Waals surface area contributed by atoms with E-state index in [-0.39, 0.29) is 29.3 Å². The monoisotopic (exact) mass is 447 g/mol. The fourth-order valence-electron chi connectivity index (χ4n) is 3.41. The molecule has 0 unspecified atom stereocenters. The summed E-state index contributed by atoms with van der Waals surface area (Å²) in [5.41, 5.74) is 2.17. The summed E-state index contributed by atoms with van der Waals surface area (Å²) in [7, 11) is 0. The van der Waals surface area contributed by atoms with Crippen molar-refractivity contribution in [2.45, 2.75) is 26.9 Å². The van der Waals surface area contributed by atoms with E-state index >= 15 is 0 Å². The number of aryl methyl sites for hydroxylation is 2. The highest BCUT2D eigenvalue weighted by atomic mass is 16.5. The van der Waals surface area contributed by atoms with Crippen LogP contribution in [0.1, 0.15) is 44.5 Å². The number of anilines is 1. The maximum Gasteiger partial charge on any atom is 0.338 e. The van der Waals surface area contributed by atoms with E-state index in [0.29, 0.717) is 28.6 Å². The minimum absolute atomic E-state index is 0.0334. The predicted molar refractivity (Wildman–Crippen MR) is 120 cm³/mol. The molecule has 8 nitrogen and oxygen atoms in total. The smallest absolute Gasteiger partial charge is 0.338 e. The summed E-state index contributed by atoms with van der Waals surface area (Å²) in [6, 6.07) is 12.3. The van der Waals surface area contributed by atoms with E-state index in [1.807, 2.05) is 6.92 Å². The largest absolute Gasteiger partial charge is 0.508 e. The SMILES string of the molecule is CCc1cc2c(COC(=O)c3ccc(C)c(NC(=O)c4ccco4)c3)cc(=O)oc2cc1O. The molecular formula is C25H21NO7. The van der Waals surface area contributed by atoms with Gasteiger partial charge in [0.25, 0.3) is 5.91 Å². The number of ether oxygens (including phenoxy) is 1. The second-order valence-electron chi connectivity index (χ2n) is 7.46. The lowest BCUT2D eigenvalue weighted by Crippen LogP contribution is -2.13. The van der Waals surface area contributed by atoms with Crippen LogP contribution < -0.4 is 10.9 Å². The molecular weight excluding hydrogens is 426 g/mol. The molecule has 0 fully saturated rings. The molecule has 0 atom stereocenters. The zero-order chi connectivity index (χ0) is 23.5. The van der Waals surface area contributed by atoms with Gasteiger partial charge in [-0.15, -0.1) is 0 Å². The average molecular weight is 447 g/mol. The summed E-state index contributed by atoms with van der Waals surface area (Å²) in [6.07, 6.45) is 1.98. The zero-order valence-corrected chi connectivity index (χ0v) is 18.0. The predicted octanol–water partition coefficient (Wildman–Crippen LogP) is 4.57. The molecule has 0 spiro atoms. The number of furan rings is 1. The summed E-state index contributed by atoms with van der Waals surface area (Å²) < 4.78 is 15.7. The Kier molecular flexibility index (Phi) is 5.99. The Morgan fingerprint density at radius 2 is 1.91 bits per heavy atom. The minimum atomic E-state index is -0.626. The van der Waals surface area contributed by atoms with Gasteiger partial charge in [-0.1, -0.05) is 13.0 Å². The normalized spacial score (nSPS) is 10.8. The van der Waals surface area contributed by atoms with Crippen LogP contribution >= 0.6 is 0 Å². The molecule has 4 aromatic rings. The van der Waals surface area contributed by atoms with Gasteiger partial charge in [-0.3, -0.25) is 4.79 Å². The van der Waals surface area contributed by atoms with E-state index in [1.54, 1.807) is 31.2 Å². The molecule has 0 aliphatic heterocycles. The summed E-state index contributed by atoms with van der Waals surface area (Å²) in [4.78, 5) is 36.9. The number of benzene rings is 2. The Morgan fingerprint density at radius 1 is 1.09 bits per heavy atom. The van der Waals surface area contributed by atoms with Gasteiger partial charge in [0.05, 0.1) is 11.8 Å². The van der Waals surface area contributed by atoms with Crippen molar-refractivity contribution in [3.8, 4) is 5.75 Å². The first-order valence-corrected chi connectivity index (χ1v) is 10.3. The summed E-state index contributed by atoms with van der Waals surface area (Å²) in [5, 5.41) is 13.3. The molecule has 4 rings (SSSR count). The number of esters is 1. The highest BCUT2D eigenvalue weighted by molar-refractivity contribution is 6.03. The Morgan fingerprint density at radius 3 is 2.64 bits per heavy atom. The average Bonchev–Trinajstić information content (AvgIpc) is 3.33. The third kappa shape index (κ3) is 4.64. The Hall–Kier alpha value is -4.33. The van der Waals surface area contributed by atoms with Gasteiger partial charge in [-0.05, 0) is 54.8 Å². The zero-order valence-electron chi connectivity index (χ0n) is 18.0. The van der Waals surface area contributed by atoms with Gasteiger partial charge < -0.3 is 24.0 Å². The molecule has 1 amide bonds. The number of hydrogen-bond acceptors (Lipinski definition) is 7. The van der Waals surface area contributed by atoms with Crippen LogP contribution in [0.25, 0.3) is 11.0 Å². The number of aromatic hydroxyl groups is 1. The van der Waals surface area contributed by atoms with Gasteiger partial charge >= 0.3 is 11.6 Å². The number of carbonyl (C=O) groups is 2. The van der Waals surface area contributed by atoms with Crippen molar-refractivity contribution in [3.05, 3.63) is 93.2 Å². The van der Waals surface area contributed by atoms with Crippen LogP contribution in [0.15, 0.2) is 68.4 Å². The highest BCUT2D eigenvalue weighted by Crippen LogP contribution is 2.27. The number of hydrogen-bond donors (Lipinski definition) is 2. The number of phenolic OH excluding ortho intramolecular Hbond substituents is 1. The molecule has 0 saturated carbocycles. The second-order valence-corrected chi connectivity index (χ2v) is 7.46. The lowest BCUT2D eigenvalue weighted by Gasteiger charge is -2.11. The maximum atomic E-state index is 12.7. The molecule has 2 aromatic heterocycles. The first kappa shape index (κ1) is 21.9. The van der Waals surface area contributed by atoms with Crippen LogP contribution in [0.2, 0.25) is 0 Å². The fourth-order valence-corrected chi connectivity index (χ4v) is 3.41. The molecule has 0 saturated heterocycles. The number of carbonyl (C=O) groups excluding carboxylic acids is 2.